The minimum absolute atomic E-state index is 0.937. The normalized spacial score (nSPS) is 28.4. The Labute approximate surface area is 50.8 Å². The molecule has 0 amide bonds. The summed E-state index contributed by atoms with van der Waals surface area (Å²) < 4.78 is 0. The lowest BCUT2D eigenvalue weighted by Crippen LogP contribution is -2.06. The molecule has 0 aromatic rings. The molecule has 0 N–H and O–H groups in total. The van der Waals surface area contributed by atoms with E-state index in [-0.39, 0.29) is 0 Å². The lowest BCUT2D eigenvalue weighted by atomic mass is 9.98. The fraction of sp³-hybridized carbons (Fsp3) is 0.857. The SMILES string of the molecule is CCC1CC=NCC1. The molecule has 1 rings (SSSR count). The minimum atomic E-state index is 0.937. The van der Waals surface area contributed by atoms with Gasteiger partial charge in [-0.3, -0.25) is 4.99 Å². The third-order valence-corrected chi connectivity index (χ3v) is 1.81. The molecule has 46 valence electrons. The monoisotopic (exact) mass is 111 g/mol. The summed E-state index contributed by atoms with van der Waals surface area (Å²) in [5, 5.41) is 0. The van der Waals surface area contributed by atoms with Crippen molar-refractivity contribution in [3.63, 3.8) is 0 Å². The van der Waals surface area contributed by atoms with Crippen LogP contribution in [0.15, 0.2) is 4.99 Å². The summed E-state index contributed by atoms with van der Waals surface area (Å²) in [6.07, 6.45) is 5.92. The molecule has 0 saturated heterocycles. The van der Waals surface area contributed by atoms with E-state index in [1.807, 2.05) is 0 Å². The summed E-state index contributed by atoms with van der Waals surface area (Å²) in [7, 11) is 0. The van der Waals surface area contributed by atoms with Crippen molar-refractivity contribution < 1.29 is 0 Å². The minimum Gasteiger partial charge on any atom is -0.298 e. The molecule has 8 heavy (non-hydrogen) atoms. The van der Waals surface area contributed by atoms with E-state index in [1.54, 1.807) is 0 Å². The molecule has 1 aliphatic rings. The molecule has 0 aromatic carbocycles. The zero-order chi connectivity index (χ0) is 5.82. The van der Waals surface area contributed by atoms with E-state index in [0.717, 1.165) is 12.5 Å². The second-order valence-electron chi connectivity index (χ2n) is 2.39. The number of hydrogen-bond acceptors (Lipinski definition) is 1. The van der Waals surface area contributed by atoms with Gasteiger partial charge in [-0.15, -0.1) is 0 Å². The van der Waals surface area contributed by atoms with E-state index in [1.165, 1.54) is 19.3 Å². The number of nitrogens with zero attached hydrogens (tertiary/aromatic N) is 1. The van der Waals surface area contributed by atoms with Crippen molar-refractivity contribution in [3.8, 4) is 0 Å². The van der Waals surface area contributed by atoms with Gasteiger partial charge >= 0.3 is 0 Å². The van der Waals surface area contributed by atoms with Crippen LogP contribution in [0.3, 0.4) is 0 Å². The molecule has 1 nitrogen and oxygen atoms in total. The highest BCUT2D eigenvalue weighted by atomic mass is 14.7. The van der Waals surface area contributed by atoms with E-state index >= 15 is 0 Å². The quantitative estimate of drug-likeness (QED) is 0.490. The van der Waals surface area contributed by atoms with E-state index in [0.29, 0.717) is 0 Å². The van der Waals surface area contributed by atoms with Crippen molar-refractivity contribution in [2.45, 2.75) is 26.2 Å². The summed E-state index contributed by atoms with van der Waals surface area (Å²) in [6.45, 7) is 3.32. The van der Waals surface area contributed by atoms with Crippen molar-refractivity contribution in [1.29, 1.82) is 0 Å². The van der Waals surface area contributed by atoms with Gasteiger partial charge in [-0.2, -0.15) is 0 Å². The first-order valence-electron chi connectivity index (χ1n) is 3.41. The van der Waals surface area contributed by atoms with Crippen LogP contribution in [0.1, 0.15) is 26.2 Å². The van der Waals surface area contributed by atoms with Gasteiger partial charge in [0.25, 0.3) is 0 Å². The van der Waals surface area contributed by atoms with Crippen LogP contribution >= 0.6 is 0 Å². The van der Waals surface area contributed by atoms with Crippen LogP contribution in [0.25, 0.3) is 0 Å². The predicted molar refractivity (Wildman–Crippen MR) is 36.4 cm³/mol. The molecule has 0 saturated carbocycles. The average molecular weight is 111 g/mol. The lowest BCUT2D eigenvalue weighted by Gasteiger charge is -2.13. The number of rotatable bonds is 1. The van der Waals surface area contributed by atoms with Crippen LogP contribution in [-0.2, 0) is 0 Å². The smallest absolute Gasteiger partial charge is 0.0388 e. The standard InChI is InChI=1S/C7H13N/c1-2-7-3-5-8-6-4-7/h5,7H,2-4,6H2,1H3. The van der Waals surface area contributed by atoms with E-state index < -0.39 is 0 Å². The van der Waals surface area contributed by atoms with Crippen molar-refractivity contribution in [2.75, 3.05) is 6.54 Å². The van der Waals surface area contributed by atoms with Crippen LogP contribution in [0, 0.1) is 5.92 Å². The molecule has 0 fully saturated rings. The Morgan fingerprint density at radius 2 is 2.62 bits per heavy atom. The van der Waals surface area contributed by atoms with Crippen molar-refractivity contribution in [2.24, 2.45) is 10.9 Å². The van der Waals surface area contributed by atoms with Crippen molar-refractivity contribution in [3.05, 3.63) is 0 Å². The molecule has 1 heteroatoms. The first-order chi connectivity index (χ1) is 3.93. The predicted octanol–water partition coefficient (Wildman–Crippen LogP) is 1.88. The summed E-state index contributed by atoms with van der Waals surface area (Å²) in [5.74, 6) is 0.937. The summed E-state index contributed by atoms with van der Waals surface area (Å²) in [5.41, 5.74) is 0. The summed E-state index contributed by atoms with van der Waals surface area (Å²) in [4.78, 5) is 4.15. The molecule has 1 atom stereocenters. The highest BCUT2D eigenvalue weighted by Gasteiger charge is 2.05. The fourth-order valence-electron chi connectivity index (χ4n) is 1.06. The highest BCUT2D eigenvalue weighted by molar-refractivity contribution is 5.58. The van der Waals surface area contributed by atoms with Gasteiger partial charge in [-0.05, 0) is 25.0 Å². The molecule has 0 radical (unpaired) electrons. The molecule has 1 unspecified atom stereocenters. The Morgan fingerprint density at radius 1 is 1.75 bits per heavy atom. The summed E-state index contributed by atoms with van der Waals surface area (Å²) in [6, 6.07) is 0. The third kappa shape index (κ3) is 1.32. The van der Waals surface area contributed by atoms with Crippen molar-refractivity contribution in [1.82, 2.24) is 0 Å². The highest BCUT2D eigenvalue weighted by Crippen LogP contribution is 2.14. The lowest BCUT2D eigenvalue weighted by molar-refractivity contribution is 0.484. The Kier molecular flexibility index (Phi) is 2.07. The maximum absolute atomic E-state index is 4.15. The molecule has 1 aliphatic heterocycles. The van der Waals surface area contributed by atoms with Crippen molar-refractivity contribution >= 4 is 6.21 Å². The van der Waals surface area contributed by atoms with Crippen LogP contribution in [0.2, 0.25) is 0 Å². The summed E-state index contributed by atoms with van der Waals surface area (Å²) >= 11 is 0. The van der Waals surface area contributed by atoms with E-state index in [4.69, 9.17) is 0 Å². The largest absolute Gasteiger partial charge is 0.298 e. The van der Waals surface area contributed by atoms with Gasteiger partial charge in [0.1, 0.15) is 0 Å². The van der Waals surface area contributed by atoms with Crippen LogP contribution in [0.4, 0.5) is 0 Å². The average Bonchev–Trinajstić information content (AvgIpc) is 1.90. The van der Waals surface area contributed by atoms with E-state index in [9.17, 15) is 0 Å². The maximum Gasteiger partial charge on any atom is 0.0388 e. The van der Waals surface area contributed by atoms with Crippen LogP contribution < -0.4 is 0 Å². The Morgan fingerprint density at radius 3 is 3.00 bits per heavy atom. The third-order valence-electron chi connectivity index (χ3n) is 1.81. The number of hydrogen-bond donors (Lipinski definition) is 0. The zero-order valence-corrected chi connectivity index (χ0v) is 5.43. The second-order valence-corrected chi connectivity index (χ2v) is 2.39. The van der Waals surface area contributed by atoms with Gasteiger partial charge in [-0.25, -0.2) is 0 Å². The molecular weight excluding hydrogens is 98.1 g/mol. The van der Waals surface area contributed by atoms with Gasteiger partial charge in [0.2, 0.25) is 0 Å². The maximum atomic E-state index is 4.15. The Hall–Kier alpha value is -0.330. The Bertz CT molecular complexity index is 86.4. The van der Waals surface area contributed by atoms with Crippen LogP contribution in [-0.4, -0.2) is 12.8 Å². The van der Waals surface area contributed by atoms with Gasteiger partial charge in [0, 0.05) is 6.54 Å². The first kappa shape index (κ1) is 5.80. The van der Waals surface area contributed by atoms with E-state index in [2.05, 4.69) is 18.1 Å². The molecule has 1 heterocycles. The van der Waals surface area contributed by atoms with Gasteiger partial charge < -0.3 is 0 Å². The molecular formula is C7H13N. The fourth-order valence-corrected chi connectivity index (χ4v) is 1.06. The first-order valence-corrected chi connectivity index (χ1v) is 3.41. The molecule has 0 aliphatic carbocycles. The topological polar surface area (TPSA) is 12.4 Å². The zero-order valence-electron chi connectivity index (χ0n) is 5.43. The molecule has 0 aromatic heterocycles. The molecule has 0 bridgehead atoms. The van der Waals surface area contributed by atoms with Gasteiger partial charge in [-0.1, -0.05) is 13.3 Å². The second kappa shape index (κ2) is 2.85. The van der Waals surface area contributed by atoms with Gasteiger partial charge in [0.15, 0.2) is 0 Å². The Balaban J connectivity index is 2.27. The van der Waals surface area contributed by atoms with Crippen LogP contribution in [0.5, 0.6) is 0 Å². The van der Waals surface area contributed by atoms with Gasteiger partial charge in [0.05, 0.1) is 0 Å². The number of aliphatic imine (C=N–C) groups is 1. The molecule has 0 spiro atoms.